The first kappa shape index (κ1) is 19.9. The maximum atomic E-state index is 13.1. The number of thiophene rings is 1. The minimum Gasteiger partial charge on any atom is -0.347 e. The van der Waals surface area contributed by atoms with Crippen molar-refractivity contribution in [2.24, 2.45) is 11.8 Å². The maximum absolute atomic E-state index is 13.1. The minimum absolute atomic E-state index is 0.0168. The fourth-order valence-electron chi connectivity index (χ4n) is 4.73. The Labute approximate surface area is 174 Å². The Bertz CT molecular complexity index is 907. The van der Waals surface area contributed by atoms with Crippen molar-refractivity contribution in [2.75, 3.05) is 26.7 Å². The van der Waals surface area contributed by atoms with Crippen LogP contribution < -0.4 is 5.32 Å². The van der Waals surface area contributed by atoms with E-state index < -0.39 is 0 Å². The van der Waals surface area contributed by atoms with Gasteiger partial charge in [-0.2, -0.15) is 0 Å². The van der Waals surface area contributed by atoms with Gasteiger partial charge in [-0.3, -0.25) is 14.4 Å². The lowest BCUT2D eigenvalue weighted by atomic mass is 9.89. The zero-order valence-electron chi connectivity index (χ0n) is 16.9. The lowest BCUT2D eigenvalue weighted by molar-refractivity contribution is -0.134. The molecule has 2 heterocycles. The van der Waals surface area contributed by atoms with E-state index in [1.807, 2.05) is 47.2 Å². The Morgan fingerprint density at radius 2 is 1.97 bits per heavy atom. The van der Waals surface area contributed by atoms with Crippen LogP contribution in [0.2, 0.25) is 0 Å². The topological polar surface area (TPSA) is 69.7 Å². The Kier molecular flexibility index (Phi) is 5.58. The molecular formula is C22H27N3O3S. The molecule has 6 nitrogen and oxygen atoms in total. The van der Waals surface area contributed by atoms with E-state index in [1.54, 1.807) is 11.3 Å². The molecule has 2 aliphatic rings. The molecule has 0 unspecified atom stereocenters. The summed E-state index contributed by atoms with van der Waals surface area (Å²) in [7, 11) is 1.91. The molecule has 29 heavy (non-hydrogen) atoms. The summed E-state index contributed by atoms with van der Waals surface area (Å²) in [5.41, 5.74) is 0. The number of piperidine rings is 1. The fraction of sp³-hybridized carbons (Fsp3) is 0.500. The largest absolute Gasteiger partial charge is 0.347 e. The molecule has 154 valence electrons. The SMILES string of the molecule is CC(=O)NCC(=O)N1CC[C@@H]2C[C@H](N(C)C(=O)c3cc4ccccc4s3)C[C@@H]2C1. The standard InChI is InChI=1S/C22H27N3O3S/c1-14(26)23-12-21(27)25-8-7-15-9-18(10-17(15)13-25)24(2)22(28)20-11-16-5-3-4-6-19(16)29-20/h3-6,11,15,17-18H,7-10,12-13H2,1-2H3,(H,23,26)/t15-,17-,18+/m1/s1. The monoisotopic (exact) mass is 413 g/mol. The molecule has 4 rings (SSSR count). The van der Waals surface area contributed by atoms with E-state index in [1.165, 1.54) is 6.92 Å². The van der Waals surface area contributed by atoms with Crippen molar-refractivity contribution in [2.45, 2.75) is 32.2 Å². The molecule has 1 aliphatic heterocycles. The number of nitrogens with zero attached hydrogens (tertiary/aromatic N) is 2. The Morgan fingerprint density at radius 1 is 1.21 bits per heavy atom. The van der Waals surface area contributed by atoms with Crippen LogP contribution in [0.3, 0.4) is 0 Å². The number of benzene rings is 1. The summed E-state index contributed by atoms with van der Waals surface area (Å²) >= 11 is 1.55. The number of hydrogen-bond donors (Lipinski definition) is 1. The summed E-state index contributed by atoms with van der Waals surface area (Å²) in [4.78, 5) is 41.0. The minimum atomic E-state index is -0.185. The van der Waals surface area contributed by atoms with Gasteiger partial charge in [-0.1, -0.05) is 18.2 Å². The molecule has 1 N–H and O–H groups in total. The highest BCUT2D eigenvalue weighted by molar-refractivity contribution is 7.20. The van der Waals surface area contributed by atoms with Crippen molar-refractivity contribution < 1.29 is 14.4 Å². The smallest absolute Gasteiger partial charge is 0.263 e. The molecule has 1 saturated heterocycles. The van der Waals surface area contributed by atoms with Crippen LogP contribution in [0.25, 0.3) is 10.1 Å². The summed E-state index contributed by atoms with van der Waals surface area (Å²) in [6.45, 7) is 2.95. The van der Waals surface area contributed by atoms with E-state index in [4.69, 9.17) is 0 Å². The van der Waals surface area contributed by atoms with Crippen molar-refractivity contribution in [3.63, 3.8) is 0 Å². The number of hydrogen-bond acceptors (Lipinski definition) is 4. The first-order valence-corrected chi connectivity index (χ1v) is 11.0. The van der Waals surface area contributed by atoms with Crippen molar-refractivity contribution in [1.82, 2.24) is 15.1 Å². The molecule has 7 heteroatoms. The highest BCUT2D eigenvalue weighted by Gasteiger charge is 2.41. The van der Waals surface area contributed by atoms with Gasteiger partial charge in [0.05, 0.1) is 11.4 Å². The second-order valence-electron chi connectivity index (χ2n) is 8.25. The molecule has 1 aromatic heterocycles. The van der Waals surface area contributed by atoms with Gasteiger partial charge < -0.3 is 15.1 Å². The molecule has 2 fully saturated rings. The molecule has 3 amide bonds. The van der Waals surface area contributed by atoms with E-state index in [2.05, 4.69) is 5.32 Å². The van der Waals surface area contributed by atoms with Crippen molar-refractivity contribution in [3.05, 3.63) is 35.2 Å². The number of nitrogens with one attached hydrogen (secondary N) is 1. The molecule has 1 saturated carbocycles. The summed E-state index contributed by atoms with van der Waals surface area (Å²) in [5, 5.41) is 3.71. The molecular weight excluding hydrogens is 386 g/mol. The van der Waals surface area contributed by atoms with Crippen molar-refractivity contribution in [3.8, 4) is 0 Å². The number of amides is 3. The Balaban J connectivity index is 1.38. The van der Waals surface area contributed by atoms with Crippen molar-refractivity contribution in [1.29, 1.82) is 0 Å². The summed E-state index contributed by atoms with van der Waals surface area (Å²) in [6.07, 6.45) is 2.91. The van der Waals surface area contributed by atoms with Crippen molar-refractivity contribution >= 4 is 39.1 Å². The van der Waals surface area contributed by atoms with Gasteiger partial charge in [0.1, 0.15) is 0 Å². The lowest BCUT2D eigenvalue weighted by Gasteiger charge is -2.35. The summed E-state index contributed by atoms with van der Waals surface area (Å²) in [5.74, 6) is 0.871. The summed E-state index contributed by atoms with van der Waals surface area (Å²) in [6, 6.07) is 10.3. The fourth-order valence-corrected chi connectivity index (χ4v) is 5.78. The summed E-state index contributed by atoms with van der Waals surface area (Å²) < 4.78 is 1.14. The van der Waals surface area contributed by atoms with Crippen LogP contribution in [0.1, 0.15) is 35.9 Å². The molecule has 1 aliphatic carbocycles. The van der Waals surface area contributed by atoms with Crippen LogP contribution in [-0.4, -0.2) is 60.2 Å². The van der Waals surface area contributed by atoms with E-state index in [-0.39, 0.29) is 30.3 Å². The average molecular weight is 414 g/mol. The number of carbonyl (C=O) groups excluding carboxylic acids is 3. The van der Waals surface area contributed by atoms with E-state index in [0.29, 0.717) is 11.8 Å². The third-order valence-electron chi connectivity index (χ3n) is 6.39. The number of rotatable bonds is 4. The number of likely N-dealkylation sites (tertiary alicyclic amines) is 1. The van der Waals surface area contributed by atoms with Gasteiger partial charge in [-0.05, 0) is 48.6 Å². The second kappa shape index (κ2) is 8.14. The number of carbonyl (C=O) groups is 3. The lowest BCUT2D eigenvalue weighted by Crippen LogP contribution is -2.46. The Hall–Kier alpha value is -2.41. The average Bonchev–Trinajstić information content (AvgIpc) is 3.34. The van der Waals surface area contributed by atoms with Gasteiger partial charge in [-0.15, -0.1) is 11.3 Å². The number of fused-ring (bicyclic) bond motifs is 2. The molecule has 2 aromatic rings. The second-order valence-corrected chi connectivity index (χ2v) is 9.33. The quantitative estimate of drug-likeness (QED) is 0.838. The zero-order chi connectivity index (χ0) is 20.5. The van der Waals surface area contributed by atoms with Gasteiger partial charge in [0, 0.05) is 37.8 Å². The highest BCUT2D eigenvalue weighted by atomic mass is 32.1. The molecule has 0 spiro atoms. The third kappa shape index (κ3) is 4.15. The van der Waals surface area contributed by atoms with Crippen LogP contribution >= 0.6 is 11.3 Å². The first-order chi connectivity index (χ1) is 13.9. The van der Waals surface area contributed by atoms with Gasteiger partial charge >= 0.3 is 0 Å². The van der Waals surface area contributed by atoms with Crippen LogP contribution in [0, 0.1) is 11.8 Å². The van der Waals surface area contributed by atoms with E-state index in [0.717, 1.165) is 47.3 Å². The molecule has 1 aromatic carbocycles. The zero-order valence-corrected chi connectivity index (χ0v) is 17.7. The molecule has 0 radical (unpaired) electrons. The van der Waals surface area contributed by atoms with Crippen LogP contribution in [0.4, 0.5) is 0 Å². The highest BCUT2D eigenvalue weighted by Crippen LogP contribution is 2.40. The van der Waals surface area contributed by atoms with Crippen LogP contribution in [-0.2, 0) is 9.59 Å². The molecule has 3 atom stereocenters. The van der Waals surface area contributed by atoms with Gasteiger partial charge in [0.15, 0.2) is 0 Å². The molecule has 0 bridgehead atoms. The van der Waals surface area contributed by atoms with Gasteiger partial charge in [0.2, 0.25) is 11.8 Å². The van der Waals surface area contributed by atoms with E-state index >= 15 is 0 Å². The first-order valence-electron chi connectivity index (χ1n) is 10.2. The predicted octanol–water partition coefficient (Wildman–Crippen LogP) is 2.74. The normalized spacial score (nSPS) is 23.7. The van der Waals surface area contributed by atoms with Crippen LogP contribution in [0.5, 0.6) is 0 Å². The van der Waals surface area contributed by atoms with Gasteiger partial charge in [0.25, 0.3) is 5.91 Å². The van der Waals surface area contributed by atoms with Gasteiger partial charge in [-0.25, -0.2) is 0 Å². The Morgan fingerprint density at radius 3 is 2.72 bits per heavy atom. The van der Waals surface area contributed by atoms with E-state index in [9.17, 15) is 14.4 Å². The third-order valence-corrected chi connectivity index (χ3v) is 7.49. The predicted molar refractivity (Wildman–Crippen MR) is 114 cm³/mol. The van der Waals surface area contributed by atoms with Crippen LogP contribution in [0.15, 0.2) is 30.3 Å². The maximum Gasteiger partial charge on any atom is 0.263 e.